The highest BCUT2D eigenvalue weighted by molar-refractivity contribution is 5.95. The van der Waals surface area contributed by atoms with Crippen molar-refractivity contribution in [2.24, 2.45) is 10.7 Å². The molecule has 5 N–H and O–H groups in total. The first-order valence-corrected chi connectivity index (χ1v) is 9.97. The van der Waals surface area contributed by atoms with E-state index in [2.05, 4.69) is 20.3 Å². The SMILES string of the molecule is NC(=NCCN1CCOCC1)n1ncc(-c2ccc(C(=O)NC3CC3)cc2)c1N. The highest BCUT2D eigenvalue weighted by Crippen LogP contribution is 2.26. The van der Waals surface area contributed by atoms with Gasteiger partial charge in [0.1, 0.15) is 5.82 Å². The van der Waals surface area contributed by atoms with Crippen LogP contribution in [0.15, 0.2) is 35.5 Å². The standard InChI is InChI=1S/C20H27N7O2/c21-18-17(14-1-3-15(4-2-14)19(28)25-16-5-6-16)13-24-27(18)20(22)23-7-8-26-9-11-29-12-10-26/h1-4,13,16H,5-12,21H2,(H2,22,23)(H,25,28). The predicted molar refractivity (Wildman–Crippen MR) is 112 cm³/mol. The number of anilines is 1. The van der Waals surface area contributed by atoms with E-state index in [-0.39, 0.29) is 11.9 Å². The monoisotopic (exact) mass is 397 g/mol. The largest absolute Gasteiger partial charge is 0.383 e. The zero-order valence-corrected chi connectivity index (χ0v) is 16.4. The minimum absolute atomic E-state index is 0.0423. The minimum atomic E-state index is -0.0423. The van der Waals surface area contributed by atoms with Gasteiger partial charge in [-0.1, -0.05) is 12.1 Å². The average molecular weight is 397 g/mol. The number of nitrogen functional groups attached to an aromatic ring is 1. The average Bonchev–Trinajstić information content (AvgIpc) is 3.47. The molecule has 0 spiro atoms. The Morgan fingerprint density at radius 3 is 2.66 bits per heavy atom. The molecule has 1 aromatic carbocycles. The first-order valence-electron chi connectivity index (χ1n) is 9.97. The number of nitrogens with two attached hydrogens (primary N) is 2. The summed E-state index contributed by atoms with van der Waals surface area (Å²) in [6.45, 7) is 4.75. The van der Waals surface area contributed by atoms with Crippen LogP contribution in [0.4, 0.5) is 5.82 Å². The van der Waals surface area contributed by atoms with Crippen LogP contribution in [0.5, 0.6) is 0 Å². The van der Waals surface area contributed by atoms with Gasteiger partial charge < -0.3 is 21.5 Å². The molecule has 2 aliphatic rings. The second-order valence-electron chi connectivity index (χ2n) is 7.37. The van der Waals surface area contributed by atoms with E-state index in [0.29, 0.717) is 24.0 Å². The fraction of sp³-hybridized carbons (Fsp3) is 0.450. The summed E-state index contributed by atoms with van der Waals surface area (Å²) in [6, 6.07) is 7.66. The maximum atomic E-state index is 12.1. The molecule has 29 heavy (non-hydrogen) atoms. The van der Waals surface area contributed by atoms with Crippen molar-refractivity contribution in [3.05, 3.63) is 36.0 Å². The third-order valence-electron chi connectivity index (χ3n) is 5.19. The molecule has 1 aliphatic carbocycles. The molecule has 0 unspecified atom stereocenters. The Morgan fingerprint density at radius 1 is 1.24 bits per heavy atom. The number of hydrogen-bond acceptors (Lipinski definition) is 6. The lowest BCUT2D eigenvalue weighted by atomic mass is 10.1. The van der Waals surface area contributed by atoms with Crippen molar-refractivity contribution in [3.63, 3.8) is 0 Å². The Kier molecular flexibility index (Phi) is 5.77. The first kappa shape index (κ1) is 19.4. The van der Waals surface area contributed by atoms with Crippen LogP contribution in [-0.4, -0.2) is 72.0 Å². The van der Waals surface area contributed by atoms with Gasteiger partial charge in [0.25, 0.3) is 5.91 Å². The summed E-state index contributed by atoms with van der Waals surface area (Å²) < 4.78 is 6.79. The third kappa shape index (κ3) is 4.75. The van der Waals surface area contributed by atoms with Gasteiger partial charge in [0.2, 0.25) is 5.96 Å². The van der Waals surface area contributed by atoms with Crippen molar-refractivity contribution >= 4 is 17.7 Å². The molecule has 0 radical (unpaired) electrons. The van der Waals surface area contributed by atoms with Gasteiger partial charge >= 0.3 is 0 Å². The normalized spacial score (nSPS) is 18.0. The molecule has 0 atom stereocenters. The Labute approximate surface area is 169 Å². The maximum absolute atomic E-state index is 12.1. The van der Waals surface area contributed by atoms with Gasteiger partial charge in [0.15, 0.2) is 0 Å². The van der Waals surface area contributed by atoms with Crippen LogP contribution >= 0.6 is 0 Å². The number of carbonyl (C=O) groups is 1. The number of nitrogens with one attached hydrogen (secondary N) is 1. The number of benzene rings is 1. The van der Waals surface area contributed by atoms with Gasteiger partial charge in [-0.2, -0.15) is 9.78 Å². The van der Waals surface area contributed by atoms with Crippen molar-refractivity contribution in [3.8, 4) is 11.1 Å². The number of ether oxygens (including phenoxy) is 1. The van der Waals surface area contributed by atoms with Crippen LogP contribution in [0, 0.1) is 0 Å². The van der Waals surface area contributed by atoms with Gasteiger partial charge in [-0.15, -0.1) is 0 Å². The van der Waals surface area contributed by atoms with E-state index >= 15 is 0 Å². The fourth-order valence-electron chi connectivity index (χ4n) is 3.26. The Bertz CT molecular complexity index is 881. The van der Waals surface area contributed by atoms with E-state index < -0.39 is 0 Å². The highest BCUT2D eigenvalue weighted by Gasteiger charge is 2.23. The van der Waals surface area contributed by atoms with E-state index in [1.165, 1.54) is 4.68 Å². The van der Waals surface area contributed by atoms with Crippen LogP contribution in [0.3, 0.4) is 0 Å². The molecule has 0 bridgehead atoms. The van der Waals surface area contributed by atoms with Crippen LogP contribution in [0.25, 0.3) is 11.1 Å². The van der Waals surface area contributed by atoms with E-state index in [9.17, 15) is 4.79 Å². The Hall–Kier alpha value is -2.91. The molecule has 2 fully saturated rings. The van der Waals surface area contributed by atoms with Crippen molar-refractivity contribution in [1.29, 1.82) is 0 Å². The van der Waals surface area contributed by atoms with Crippen LogP contribution in [0.2, 0.25) is 0 Å². The molecule has 1 saturated heterocycles. The summed E-state index contributed by atoms with van der Waals surface area (Å²) in [5.41, 5.74) is 14.6. The van der Waals surface area contributed by atoms with Crippen molar-refractivity contribution in [1.82, 2.24) is 20.0 Å². The number of amides is 1. The minimum Gasteiger partial charge on any atom is -0.383 e. The molecule has 9 nitrogen and oxygen atoms in total. The van der Waals surface area contributed by atoms with Crippen molar-refractivity contribution in [2.45, 2.75) is 18.9 Å². The second-order valence-corrected chi connectivity index (χ2v) is 7.37. The molecule has 2 aromatic rings. The number of rotatable bonds is 6. The van der Waals surface area contributed by atoms with Crippen LogP contribution in [0.1, 0.15) is 23.2 Å². The van der Waals surface area contributed by atoms with Crippen molar-refractivity contribution in [2.75, 3.05) is 45.1 Å². The van der Waals surface area contributed by atoms with E-state index in [1.54, 1.807) is 18.3 Å². The zero-order valence-electron chi connectivity index (χ0n) is 16.4. The Morgan fingerprint density at radius 2 is 1.97 bits per heavy atom. The number of aromatic nitrogens is 2. The molecule has 2 heterocycles. The molecule has 1 aromatic heterocycles. The number of morpholine rings is 1. The lowest BCUT2D eigenvalue weighted by Crippen LogP contribution is -2.38. The number of carbonyl (C=O) groups excluding carboxylic acids is 1. The van der Waals surface area contributed by atoms with Gasteiger partial charge in [0, 0.05) is 36.8 Å². The summed E-state index contributed by atoms with van der Waals surface area (Å²) in [6.07, 6.45) is 3.79. The fourth-order valence-corrected chi connectivity index (χ4v) is 3.26. The number of hydrogen-bond donors (Lipinski definition) is 3. The van der Waals surface area contributed by atoms with E-state index in [1.807, 2.05) is 12.1 Å². The van der Waals surface area contributed by atoms with Crippen LogP contribution in [-0.2, 0) is 4.74 Å². The zero-order chi connectivity index (χ0) is 20.2. The summed E-state index contributed by atoms with van der Waals surface area (Å²) >= 11 is 0. The number of aliphatic imine (C=N–C) groups is 1. The molecule has 1 amide bonds. The summed E-state index contributed by atoms with van der Waals surface area (Å²) in [5, 5.41) is 7.27. The molecule has 1 aliphatic heterocycles. The predicted octanol–water partition coefficient (Wildman–Crippen LogP) is 0.520. The summed E-state index contributed by atoms with van der Waals surface area (Å²) in [4.78, 5) is 18.8. The molecule has 9 heteroatoms. The molecule has 154 valence electrons. The van der Waals surface area contributed by atoms with Gasteiger partial charge in [-0.3, -0.25) is 14.7 Å². The molecular weight excluding hydrogens is 370 g/mol. The van der Waals surface area contributed by atoms with Gasteiger partial charge in [-0.25, -0.2) is 0 Å². The summed E-state index contributed by atoms with van der Waals surface area (Å²) in [7, 11) is 0. The van der Waals surface area contributed by atoms with Crippen LogP contribution < -0.4 is 16.8 Å². The van der Waals surface area contributed by atoms with E-state index in [4.69, 9.17) is 16.2 Å². The third-order valence-corrected chi connectivity index (χ3v) is 5.19. The lowest BCUT2D eigenvalue weighted by Gasteiger charge is -2.25. The topological polar surface area (TPSA) is 124 Å². The quantitative estimate of drug-likeness (QED) is 0.482. The van der Waals surface area contributed by atoms with Gasteiger partial charge in [0.05, 0.1) is 26.0 Å². The van der Waals surface area contributed by atoms with Gasteiger partial charge in [-0.05, 0) is 30.5 Å². The second kappa shape index (κ2) is 8.62. The van der Waals surface area contributed by atoms with Crippen molar-refractivity contribution < 1.29 is 9.53 Å². The molecule has 4 rings (SSSR count). The maximum Gasteiger partial charge on any atom is 0.251 e. The van der Waals surface area contributed by atoms with E-state index in [0.717, 1.165) is 56.8 Å². The smallest absolute Gasteiger partial charge is 0.251 e. The number of nitrogens with zero attached hydrogens (tertiary/aromatic N) is 4. The summed E-state index contributed by atoms with van der Waals surface area (Å²) in [5.74, 6) is 0.648. The molecule has 1 saturated carbocycles. The molecular formula is C20H27N7O2. The lowest BCUT2D eigenvalue weighted by molar-refractivity contribution is 0.0394. The first-order chi connectivity index (χ1) is 14.1. The Balaban J connectivity index is 1.40. The highest BCUT2D eigenvalue weighted by atomic mass is 16.5.